The Labute approximate surface area is 166 Å². The topological polar surface area (TPSA) is 12.0 Å². The molecule has 3 heteroatoms. The van der Waals surface area contributed by atoms with Crippen LogP contribution in [0.2, 0.25) is 0 Å². The van der Waals surface area contributed by atoms with Crippen molar-refractivity contribution < 1.29 is 4.39 Å². The van der Waals surface area contributed by atoms with Crippen molar-refractivity contribution in [3.63, 3.8) is 0 Å². The summed E-state index contributed by atoms with van der Waals surface area (Å²) in [7, 11) is -2.24. The Hall–Kier alpha value is -2.96. The Morgan fingerprint density at radius 3 is 1.46 bits per heavy atom. The number of anilines is 1. The van der Waals surface area contributed by atoms with Crippen molar-refractivity contribution in [2.75, 3.05) is 5.09 Å². The summed E-state index contributed by atoms with van der Waals surface area (Å²) in [4.78, 5) is 0. The van der Waals surface area contributed by atoms with E-state index in [0.29, 0.717) is 0 Å². The average Bonchev–Trinajstić information content (AvgIpc) is 2.76. The maximum atomic E-state index is 14.1. The van der Waals surface area contributed by atoms with Crippen LogP contribution in [0.1, 0.15) is 5.56 Å². The van der Waals surface area contributed by atoms with Gasteiger partial charge in [0, 0.05) is 6.07 Å². The zero-order valence-electron chi connectivity index (χ0n) is 15.7. The third-order valence-corrected chi connectivity index (χ3v) is 8.71. The molecule has 4 aromatic carbocycles. The molecule has 4 aromatic rings. The monoisotopic (exact) mass is 386 g/mol. The van der Waals surface area contributed by atoms with E-state index in [1.165, 1.54) is 22.0 Å². The number of nitrogens with one attached hydrogen (secondary N) is 1. The van der Waals surface area contributed by atoms with Crippen molar-refractivity contribution in [2.24, 2.45) is 0 Å². The summed E-state index contributed by atoms with van der Waals surface area (Å²) < 4.78 is 14.1. The van der Waals surface area contributed by atoms with Crippen molar-refractivity contribution in [3.8, 4) is 0 Å². The third-order valence-electron chi connectivity index (χ3n) is 4.92. The molecule has 0 fully saturated rings. The molecule has 0 aliphatic carbocycles. The van der Waals surface area contributed by atoms with Gasteiger partial charge >= 0.3 is 0 Å². The van der Waals surface area contributed by atoms with Crippen LogP contribution in [0, 0.1) is 12.7 Å². The molecule has 0 bridgehead atoms. The summed E-state index contributed by atoms with van der Waals surface area (Å²) in [6, 6.07) is 36.4. The normalized spacial score (nSPS) is 11.2. The van der Waals surface area contributed by atoms with Gasteiger partial charge in [0.1, 0.15) is 21.7 Å². The highest BCUT2D eigenvalue weighted by atomic mass is 31.2. The molecule has 4 rings (SSSR count). The van der Waals surface area contributed by atoms with Crippen LogP contribution in [-0.2, 0) is 0 Å². The molecule has 0 spiro atoms. The zero-order chi connectivity index (χ0) is 19.4. The SMILES string of the molecule is Cc1ccc(F)cc1N[P+](c1ccccc1)(c1ccccc1)c1ccccc1. The predicted octanol–water partition coefficient (Wildman–Crippen LogP) is 5.46. The van der Waals surface area contributed by atoms with Crippen LogP contribution in [0.25, 0.3) is 0 Å². The molecule has 0 atom stereocenters. The molecule has 1 nitrogen and oxygen atoms in total. The highest BCUT2D eigenvalue weighted by Crippen LogP contribution is 2.55. The Bertz CT molecular complexity index is 953. The van der Waals surface area contributed by atoms with Crippen LogP contribution in [0.4, 0.5) is 10.1 Å². The molecule has 0 amide bonds. The molecule has 0 heterocycles. The van der Waals surface area contributed by atoms with Gasteiger partial charge in [-0.15, -0.1) is 0 Å². The first-order valence-electron chi connectivity index (χ1n) is 9.30. The molecular formula is C25H22FNP+. The summed E-state index contributed by atoms with van der Waals surface area (Å²) in [5.74, 6) is -0.236. The van der Waals surface area contributed by atoms with E-state index in [2.05, 4.69) is 77.9 Å². The number of benzene rings is 4. The molecular weight excluding hydrogens is 364 g/mol. The van der Waals surface area contributed by atoms with E-state index < -0.39 is 7.41 Å². The van der Waals surface area contributed by atoms with Crippen molar-refractivity contribution in [1.82, 2.24) is 0 Å². The molecule has 138 valence electrons. The van der Waals surface area contributed by atoms with Gasteiger partial charge in [-0.05, 0) is 55.0 Å². The number of hydrogen-bond donors (Lipinski definition) is 1. The van der Waals surface area contributed by atoms with Crippen molar-refractivity contribution >= 4 is 29.0 Å². The van der Waals surface area contributed by atoms with E-state index in [4.69, 9.17) is 0 Å². The molecule has 0 unspecified atom stereocenters. The smallest absolute Gasteiger partial charge is 0.199 e. The fourth-order valence-corrected chi connectivity index (χ4v) is 7.23. The summed E-state index contributed by atoms with van der Waals surface area (Å²) in [6.45, 7) is 2.01. The lowest BCUT2D eigenvalue weighted by Gasteiger charge is -2.29. The summed E-state index contributed by atoms with van der Waals surface area (Å²) in [5, 5.41) is 7.44. The van der Waals surface area contributed by atoms with Gasteiger partial charge in [0.2, 0.25) is 0 Å². The minimum absolute atomic E-state index is 0.236. The first-order valence-corrected chi connectivity index (χ1v) is 11.1. The first-order chi connectivity index (χ1) is 13.7. The van der Waals surface area contributed by atoms with Gasteiger partial charge in [-0.25, -0.2) is 9.48 Å². The van der Waals surface area contributed by atoms with Crippen LogP contribution >= 0.6 is 7.41 Å². The quantitative estimate of drug-likeness (QED) is 0.450. The molecule has 0 aliphatic heterocycles. The Morgan fingerprint density at radius 2 is 1.04 bits per heavy atom. The molecule has 28 heavy (non-hydrogen) atoms. The maximum absolute atomic E-state index is 14.1. The van der Waals surface area contributed by atoms with Gasteiger partial charge in [-0.3, -0.25) is 0 Å². The molecule has 0 aromatic heterocycles. The highest BCUT2D eigenvalue weighted by Gasteiger charge is 2.46. The number of rotatable bonds is 5. The summed E-state index contributed by atoms with van der Waals surface area (Å²) in [5.41, 5.74) is 1.85. The standard InChI is InChI=1S/C25H22FNP/c1-20-17-18-21(26)19-25(20)27-28(22-11-5-2-6-12-22,23-13-7-3-8-14-23)24-15-9-4-10-16-24/h2-19,27H,1H3/q+1. The summed E-state index contributed by atoms with van der Waals surface area (Å²) >= 11 is 0. The number of aryl methyl sites for hydroxylation is 1. The van der Waals surface area contributed by atoms with Gasteiger partial charge in [-0.1, -0.05) is 60.7 Å². The van der Waals surface area contributed by atoms with Gasteiger partial charge < -0.3 is 0 Å². The van der Waals surface area contributed by atoms with Gasteiger partial charge in [0.05, 0.1) is 5.69 Å². The van der Waals surface area contributed by atoms with Crippen molar-refractivity contribution in [1.29, 1.82) is 0 Å². The van der Waals surface area contributed by atoms with Crippen molar-refractivity contribution in [3.05, 3.63) is 121 Å². The number of hydrogen-bond acceptors (Lipinski definition) is 1. The third kappa shape index (κ3) is 3.44. The van der Waals surface area contributed by atoms with Crippen LogP contribution in [-0.4, -0.2) is 0 Å². The zero-order valence-corrected chi connectivity index (χ0v) is 16.6. The molecule has 1 N–H and O–H groups in total. The minimum atomic E-state index is -2.24. The van der Waals surface area contributed by atoms with Gasteiger partial charge in [0.25, 0.3) is 0 Å². The lowest BCUT2D eigenvalue weighted by molar-refractivity contribution is 0.628. The molecule has 0 saturated carbocycles. The lowest BCUT2D eigenvalue weighted by atomic mass is 10.2. The van der Waals surface area contributed by atoms with Crippen molar-refractivity contribution in [2.45, 2.75) is 6.92 Å². The fourth-order valence-electron chi connectivity index (χ4n) is 3.49. The predicted molar refractivity (Wildman–Crippen MR) is 120 cm³/mol. The van der Waals surface area contributed by atoms with E-state index in [9.17, 15) is 4.39 Å². The molecule has 0 aliphatic rings. The van der Waals surface area contributed by atoms with E-state index in [1.807, 2.05) is 31.2 Å². The van der Waals surface area contributed by atoms with E-state index in [0.717, 1.165) is 11.3 Å². The van der Waals surface area contributed by atoms with Gasteiger partial charge in [-0.2, -0.15) is 0 Å². The number of halogens is 1. The Morgan fingerprint density at radius 1 is 0.607 bits per heavy atom. The van der Waals surface area contributed by atoms with Crippen LogP contribution in [0.15, 0.2) is 109 Å². The second kappa shape index (κ2) is 7.96. The molecule has 0 radical (unpaired) electrons. The van der Waals surface area contributed by atoms with Crippen LogP contribution < -0.4 is 21.0 Å². The second-order valence-electron chi connectivity index (χ2n) is 6.75. The largest absolute Gasteiger partial charge is 0.246 e. The van der Waals surface area contributed by atoms with E-state index in [-0.39, 0.29) is 5.82 Å². The van der Waals surface area contributed by atoms with E-state index in [1.54, 1.807) is 6.07 Å². The Kier molecular flexibility index (Phi) is 5.23. The van der Waals surface area contributed by atoms with Crippen LogP contribution in [0.5, 0.6) is 0 Å². The fraction of sp³-hybridized carbons (Fsp3) is 0.0400. The maximum Gasteiger partial charge on any atom is 0.199 e. The average molecular weight is 386 g/mol. The first kappa shape index (κ1) is 18.4. The second-order valence-corrected chi connectivity index (χ2v) is 9.86. The van der Waals surface area contributed by atoms with E-state index >= 15 is 0 Å². The molecule has 0 saturated heterocycles. The summed E-state index contributed by atoms with van der Waals surface area (Å²) in [6.07, 6.45) is 0. The minimum Gasteiger partial charge on any atom is -0.246 e. The Balaban J connectivity index is 2.02. The lowest BCUT2D eigenvalue weighted by Crippen LogP contribution is -2.36. The van der Waals surface area contributed by atoms with Gasteiger partial charge in [0.15, 0.2) is 7.41 Å². The highest BCUT2D eigenvalue weighted by molar-refractivity contribution is 7.96. The van der Waals surface area contributed by atoms with Crippen LogP contribution in [0.3, 0.4) is 0 Å².